The minimum Gasteiger partial charge on any atom is -0.618 e. The van der Waals surface area contributed by atoms with E-state index in [0.29, 0.717) is 22.9 Å². The Bertz CT molecular complexity index is 1540. The first-order chi connectivity index (χ1) is 17.5. The van der Waals surface area contributed by atoms with Gasteiger partial charge in [-0.25, -0.2) is 4.39 Å². The van der Waals surface area contributed by atoms with Gasteiger partial charge in [-0.05, 0) is 47.0 Å². The summed E-state index contributed by atoms with van der Waals surface area (Å²) >= 11 is 6.08. The fourth-order valence-electron chi connectivity index (χ4n) is 4.51. The number of aryl methyl sites for hydroxylation is 1. The van der Waals surface area contributed by atoms with Crippen molar-refractivity contribution in [2.75, 3.05) is 0 Å². The molecule has 5 aromatic rings. The van der Waals surface area contributed by atoms with Gasteiger partial charge in [-0.15, -0.1) is 5.10 Å². The van der Waals surface area contributed by atoms with Crippen molar-refractivity contribution in [3.05, 3.63) is 83.2 Å². The summed E-state index contributed by atoms with van der Waals surface area (Å²) in [6.45, 7) is 0. The minimum atomic E-state index is -0.653. The first-order valence-electron chi connectivity index (χ1n) is 11.5. The third-order valence-corrected chi connectivity index (χ3v) is 6.83. The zero-order valence-corrected chi connectivity index (χ0v) is 20.0. The summed E-state index contributed by atoms with van der Waals surface area (Å²) in [5.41, 5.74) is 3.25. The molecule has 1 saturated carbocycles. The third-order valence-electron chi connectivity index (χ3n) is 6.53. The van der Waals surface area contributed by atoms with Crippen LogP contribution in [0, 0.1) is 16.9 Å². The van der Waals surface area contributed by atoms with Crippen molar-refractivity contribution >= 4 is 11.6 Å². The van der Waals surface area contributed by atoms with Gasteiger partial charge in [0.05, 0.1) is 33.7 Å². The molecule has 0 amide bonds. The zero-order chi connectivity index (χ0) is 24.8. The number of tetrazole rings is 1. The van der Waals surface area contributed by atoms with E-state index in [1.165, 1.54) is 23.3 Å². The molecule has 4 aromatic heterocycles. The summed E-state index contributed by atoms with van der Waals surface area (Å²) in [5.74, 6) is -0.115. The SMILES string of the molecule is Cn1nccc1-c1cnn(C(CC2CC2)c2ccc(-c3c(-n4cnnn4)ccc(Cl)c3F)c[n+]2[O-])c1. The molecular formula is C24H21ClFN9O. The highest BCUT2D eigenvalue weighted by atomic mass is 35.5. The fraction of sp³-hybridized carbons (Fsp3) is 0.250. The van der Waals surface area contributed by atoms with E-state index in [1.807, 2.05) is 24.0 Å². The predicted molar refractivity (Wildman–Crippen MR) is 128 cm³/mol. The third kappa shape index (κ3) is 4.01. The van der Waals surface area contributed by atoms with Crippen LogP contribution in [0.5, 0.6) is 0 Å². The molecule has 0 aliphatic heterocycles. The van der Waals surface area contributed by atoms with E-state index >= 15 is 4.39 Å². The average Bonchev–Trinajstić information content (AvgIpc) is 3.24. The van der Waals surface area contributed by atoms with Gasteiger partial charge in [-0.2, -0.15) is 19.6 Å². The Kier molecular flexibility index (Phi) is 5.48. The molecule has 0 N–H and O–H groups in total. The maximum atomic E-state index is 15.2. The van der Waals surface area contributed by atoms with Gasteiger partial charge < -0.3 is 5.21 Å². The van der Waals surface area contributed by atoms with Gasteiger partial charge in [0.15, 0.2) is 12.0 Å². The summed E-state index contributed by atoms with van der Waals surface area (Å²) in [6, 6.07) is 8.14. The molecular weight excluding hydrogens is 485 g/mol. The van der Waals surface area contributed by atoms with Crippen molar-refractivity contribution in [1.29, 1.82) is 0 Å². The smallest absolute Gasteiger partial charge is 0.217 e. The van der Waals surface area contributed by atoms with E-state index in [0.717, 1.165) is 35.3 Å². The van der Waals surface area contributed by atoms with Crippen molar-refractivity contribution in [3.63, 3.8) is 0 Å². The van der Waals surface area contributed by atoms with Crippen LogP contribution in [0.4, 0.5) is 4.39 Å². The Morgan fingerprint density at radius 3 is 2.72 bits per heavy atom. The average molecular weight is 506 g/mol. The fourth-order valence-corrected chi connectivity index (χ4v) is 4.66. The second kappa shape index (κ2) is 8.83. The Hall–Kier alpha value is -4.12. The summed E-state index contributed by atoms with van der Waals surface area (Å²) in [6.07, 6.45) is 11.2. The van der Waals surface area contributed by atoms with Crippen molar-refractivity contribution in [1.82, 2.24) is 39.8 Å². The lowest BCUT2D eigenvalue weighted by Gasteiger charge is -2.18. The molecule has 0 bridgehead atoms. The standard InChI is InChI=1S/C24H21ClFN9O/c1-32-19(8-9-28-32)17-11-29-33(12-17)22(10-15-2-3-15)20-6-4-16(13-35(20)36)23-21(34-14-27-30-31-34)7-5-18(25)24(23)26/h4-9,11-15,22H,2-3,10H2,1H3. The topological polar surface area (TPSA) is 106 Å². The second-order valence-corrected chi connectivity index (χ2v) is 9.33. The van der Waals surface area contributed by atoms with E-state index in [2.05, 4.69) is 25.7 Å². The number of rotatable bonds is 7. The summed E-state index contributed by atoms with van der Waals surface area (Å²) in [5, 5.41) is 33.2. The van der Waals surface area contributed by atoms with E-state index in [9.17, 15) is 5.21 Å². The van der Waals surface area contributed by atoms with Crippen molar-refractivity contribution in [2.24, 2.45) is 13.0 Å². The molecule has 182 valence electrons. The van der Waals surface area contributed by atoms with Crippen molar-refractivity contribution < 1.29 is 9.12 Å². The normalized spacial score (nSPS) is 14.3. The van der Waals surface area contributed by atoms with Crippen LogP contribution in [0.25, 0.3) is 28.1 Å². The van der Waals surface area contributed by atoms with Gasteiger partial charge in [0.2, 0.25) is 5.69 Å². The number of pyridine rings is 1. The minimum absolute atomic E-state index is 0.0609. The molecule has 1 fully saturated rings. The van der Waals surface area contributed by atoms with E-state index < -0.39 is 5.82 Å². The van der Waals surface area contributed by atoms with Crippen molar-refractivity contribution in [3.8, 4) is 28.1 Å². The monoisotopic (exact) mass is 505 g/mol. The maximum Gasteiger partial charge on any atom is 0.217 e. The molecule has 10 nitrogen and oxygen atoms in total. The molecule has 1 aliphatic carbocycles. The maximum absolute atomic E-state index is 15.2. The second-order valence-electron chi connectivity index (χ2n) is 8.92. The Morgan fingerprint density at radius 1 is 1.17 bits per heavy atom. The highest BCUT2D eigenvalue weighted by molar-refractivity contribution is 6.31. The molecule has 1 aliphatic rings. The lowest BCUT2D eigenvalue weighted by Crippen LogP contribution is -2.35. The first kappa shape index (κ1) is 22.4. The number of halogens is 2. The number of aromatic nitrogens is 9. The number of benzene rings is 1. The van der Waals surface area contributed by atoms with Gasteiger partial charge in [-0.1, -0.05) is 24.4 Å². The van der Waals surface area contributed by atoms with Crippen LogP contribution in [0.1, 0.15) is 31.0 Å². The number of hydrogen-bond acceptors (Lipinski definition) is 6. The number of hydrogen-bond donors (Lipinski definition) is 0. The Labute approximate surface area is 210 Å². The van der Waals surface area contributed by atoms with Crippen LogP contribution < -0.4 is 4.73 Å². The summed E-state index contributed by atoms with van der Waals surface area (Å²) < 4.78 is 20.9. The van der Waals surface area contributed by atoms with Gasteiger partial charge in [0.25, 0.3) is 0 Å². The molecule has 1 aromatic carbocycles. The van der Waals surface area contributed by atoms with E-state index in [1.54, 1.807) is 35.3 Å². The molecule has 0 saturated heterocycles. The van der Waals surface area contributed by atoms with E-state index in [4.69, 9.17) is 11.6 Å². The van der Waals surface area contributed by atoms with Crippen LogP contribution in [-0.2, 0) is 7.05 Å². The summed E-state index contributed by atoms with van der Waals surface area (Å²) in [7, 11) is 1.87. The highest BCUT2D eigenvalue weighted by Gasteiger charge is 2.32. The molecule has 1 unspecified atom stereocenters. The molecule has 4 heterocycles. The lowest BCUT2D eigenvalue weighted by atomic mass is 10.0. The highest BCUT2D eigenvalue weighted by Crippen LogP contribution is 2.39. The van der Waals surface area contributed by atoms with Crippen LogP contribution >= 0.6 is 11.6 Å². The molecule has 36 heavy (non-hydrogen) atoms. The van der Waals surface area contributed by atoms with Crippen LogP contribution in [0.3, 0.4) is 0 Å². The van der Waals surface area contributed by atoms with Gasteiger partial charge in [0, 0.05) is 31.1 Å². The molecule has 0 spiro atoms. The van der Waals surface area contributed by atoms with Crippen molar-refractivity contribution in [2.45, 2.75) is 25.3 Å². The molecule has 12 heteroatoms. The molecule has 6 rings (SSSR count). The van der Waals surface area contributed by atoms with Crippen LogP contribution in [0.15, 0.2) is 61.4 Å². The quantitative estimate of drug-likeness (QED) is 0.246. The predicted octanol–water partition coefficient (Wildman–Crippen LogP) is 3.74. The van der Waals surface area contributed by atoms with Gasteiger partial charge in [-0.3, -0.25) is 9.36 Å². The Balaban J connectivity index is 1.41. The molecule has 0 radical (unpaired) electrons. The number of nitrogens with zero attached hydrogens (tertiary/aromatic N) is 9. The largest absolute Gasteiger partial charge is 0.618 e. The van der Waals surface area contributed by atoms with Crippen LogP contribution in [0.2, 0.25) is 5.02 Å². The zero-order valence-electron chi connectivity index (χ0n) is 19.2. The van der Waals surface area contributed by atoms with Crippen LogP contribution in [-0.4, -0.2) is 39.8 Å². The first-order valence-corrected chi connectivity index (χ1v) is 11.8. The van der Waals surface area contributed by atoms with E-state index in [-0.39, 0.29) is 16.6 Å². The van der Waals surface area contributed by atoms with Gasteiger partial charge in [0.1, 0.15) is 12.4 Å². The Morgan fingerprint density at radius 2 is 2.03 bits per heavy atom. The summed E-state index contributed by atoms with van der Waals surface area (Å²) in [4.78, 5) is 0. The molecule has 1 atom stereocenters. The van der Waals surface area contributed by atoms with Gasteiger partial charge >= 0.3 is 0 Å². The lowest BCUT2D eigenvalue weighted by molar-refractivity contribution is -0.615.